The van der Waals surface area contributed by atoms with Crippen molar-refractivity contribution in [3.05, 3.63) is 59.7 Å². The molecule has 2 aromatic carbocycles. The van der Waals surface area contributed by atoms with Crippen molar-refractivity contribution >= 4 is 11.8 Å². The maximum atomic E-state index is 13.1. The van der Waals surface area contributed by atoms with Crippen LogP contribution in [-0.4, -0.2) is 64.5 Å². The van der Waals surface area contributed by atoms with Crippen LogP contribution in [0, 0.1) is 0 Å². The molecule has 0 aromatic heterocycles. The van der Waals surface area contributed by atoms with Crippen LogP contribution >= 0.6 is 0 Å². The molecule has 34 heavy (non-hydrogen) atoms. The number of rotatable bonds is 12. The van der Waals surface area contributed by atoms with Crippen LogP contribution in [0.4, 0.5) is 0 Å². The molecule has 2 N–H and O–H groups in total. The Hall–Kier alpha value is -3.10. The zero-order valence-electron chi connectivity index (χ0n) is 19.9. The van der Waals surface area contributed by atoms with E-state index >= 15 is 0 Å². The summed E-state index contributed by atoms with van der Waals surface area (Å²) < 4.78 is 21.5. The van der Waals surface area contributed by atoms with Gasteiger partial charge in [-0.1, -0.05) is 37.1 Å². The quantitative estimate of drug-likeness (QED) is 0.463. The Labute approximate surface area is 200 Å². The second-order valence-electron chi connectivity index (χ2n) is 8.12. The number of nitrogens with one attached hydrogen (secondary N) is 2. The summed E-state index contributed by atoms with van der Waals surface area (Å²) in [6, 6.07) is 13.9. The minimum absolute atomic E-state index is 0.182. The fourth-order valence-corrected chi connectivity index (χ4v) is 4.00. The van der Waals surface area contributed by atoms with Crippen molar-refractivity contribution < 1.29 is 28.5 Å². The van der Waals surface area contributed by atoms with Gasteiger partial charge in [0.05, 0.1) is 24.3 Å². The third kappa shape index (κ3) is 7.20. The summed E-state index contributed by atoms with van der Waals surface area (Å²) >= 11 is 0. The van der Waals surface area contributed by atoms with Gasteiger partial charge in [-0.05, 0) is 37.1 Å². The smallest absolute Gasteiger partial charge is 0.255 e. The summed E-state index contributed by atoms with van der Waals surface area (Å²) in [7, 11) is 3.20. The van der Waals surface area contributed by atoms with E-state index in [0.717, 1.165) is 25.7 Å². The highest BCUT2D eigenvalue weighted by Crippen LogP contribution is 2.24. The topological polar surface area (TPSA) is 95.1 Å². The Morgan fingerprint density at radius 2 is 1.12 bits per heavy atom. The van der Waals surface area contributed by atoms with Gasteiger partial charge in [-0.3, -0.25) is 9.59 Å². The third-order valence-electron chi connectivity index (χ3n) is 5.75. The van der Waals surface area contributed by atoms with Crippen molar-refractivity contribution in [2.45, 2.75) is 37.8 Å². The molecule has 0 saturated heterocycles. The Balaban J connectivity index is 1.67. The molecule has 3 rings (SSSR count). The Morgan fingerprint density at radius 1 is 0.706 bits per heavy atom. The van der Waals surface area contributed by atoms with E-state index in [1.807, 2.05) is 12.1 Å². The summed E-state index contributed by atoms with van der Waals surface area (Å²) in [5, 5.41) is 6.23. The molecule has 1 aliphatic rings. The molecular formula is C26H34N2O6. The summed E-state index contributed by atoms with van der Waals surface area (Å²) in [5.41, 5.74) is 0.928. The first-order valence-corrected chi connectivity index (χ1v) is 11.7. The number of carbonyl (C=O) groups excluding carboxylic acids is 2. The van der Waals surface area contributed by atoms with E-state index in [1.165, 1.54) is 0 Å². The fraction of sp³-hybridized carbons (Fsp3) is 0.462. The lowest BCUT2D eigenvalue weighted by molar-refractivity contribution is 0.0855. The van der Waals surface area contributed by atoms with Crippen molar-refractivity contribution in [2.75, 3.05) is 40.6 Å². The van der Waals surface area contributed by atoms with Gasteiger partial charge in [-0.2, -0.15) is 0 Å². The van der Waals surface area contributed by atoms with Gasteiger partial charge < -0.3 is 29.6 Å². The molecule has 0 aliphatic heterocycles. The number of para-hydroxylation sites is 2. The van der Waals surface area contributed by atoms with Crippen molar-refractivity contribution in [3.63, 3.8) is 0 Å². The Morgan fingerprint density at radius 3 is 1.53 bits per heavy atom. The summed E-state index contributed by atoms with van der Waals surface area (Å²) in [6.07, 6.45) is 3.55. The van der Waals surface area contributed by atoms with Crippen LogP contribution in [0.2, 0.25) is 0 Å². The predicted octanol–water partition coefficient (Wildman–Crippen LogP) is 3.21. The van der Waals surface area contributed by atoms with Crippen molar-refractivity contribution in [1.29, 1.82) is 0 Å². The summed E-state index contributed by atoms with van der Waals surface area (Å²) in [6.45, 7) is 1.58. The van der Waals surface area contributed by atoms with Crippen LogP contribution in [0.25, 0.3) is 0 Å². The maximum absolute atomic E-state index is 13.1. The Bertz CT molecular complexity index is 860. The number of hydrogen-bond acceptors (Lipinski definition) is 6. The van der Waals surface area contributed by atoms with Crippen molar-refractivity contribution in [1.82, 2.24) is 10.6 Å². The molecule has 2 atom stereocenters. The molecule has 8 heteroatoms. The van der Waals surface area contributed by atoms with Gasteiger partial charge in [0.2, 0.25) is 0 Å². The number of ether oxygens (including phenoxy) is 4. The molecule has 1 saturated carbocycles. The molecule has 2 unspecified atom stereocenters. The molecule has 0 heterocycles. The second-order valence-corrected chi connectivity index (χ2v) is 8.12. The van der Waals surface area contributed by atoms with Gasteiger partial charge >= 0.3 is 0 Å². The SMILES string of the molecule is COCCOc1ccccc1C(=O)NC1CCCCC1NC(=O)c1ccccc1OCCOC. The van der Waals surface area contributed by atoms with E-state index in [1.54, 1.807) is 50.6 Å². The molecule has 8 nitrogen and oxygen atoms in total. The molecule has 2 amide bonds. The lowest BCUT2D eigenvalue weighted by Crippen LogP contribution is -2.53. The van der Waals surface area contributed by atoms with Gasteiger partial charge in [0, 0.05) is 26.3 Å². The van der Waals surface area contributed by atoms with Crippen LogP contribution in [0.3, 0.4) is 0 Å². The number of hydrogen-bond donors (Lipinski definition) is 2. The fourth-order valence-electron chi connectivity index (χ4n) is 4.00. The largest absolute Gasteiger partial charge is 0.490 e. The van der Waals surface area contributed by atoms with E-state index in [4.69, 9.17) is 18.9 Å². The average molecular weight is 471 g/mol. The van der Waals surface area contributed by atoms with Gasteiger partial charge in [-0.25, -0.2) is 0 Å². The van der Waals surface area contributed by atoms with Crippen LogP contribution < -0.4 is 20.1 Å². The maximum Gasteiger partial charge on any atom is 0.255 e. The van der Waals surface area contributed by atoms with E-state index in [2.05, 4.69) is 10.6 Å². The first-order valence-electron chi connectivity index (χ1n) is 11.7. The molecular weight excluding hydrogens is 436 g/mol. The zero-order valence-corrected chi connectivity index (χ0v) is 19.9. The van der Waals surface area contributed by atoms with Crippen LogP contribution in [0.15, 0.2) is 48.5 Å². The molecule has 0 radical (unpaired) electrons. The number of carbonyl (C=O) groups is 2. The van der Waals surface area contributed by atoms with E-state index in [-0.39, 0.29) is 23.9 Å². The lowest BCUT2D eigenvalue weighted by atomic mass is 9.89. The van der Waals surface area contributed by atoms with E-state index < -0.39 is 0 Å². The molecule has 1 fully saturated rings. The highest BCUT2D eigenvalue weighted by Gasteiger charge is 2.29. The standard InChI is InChI=1S/C26H34N2O6/c1-31-15-17-33-23-13-7-3-9-19(23)25(29)27-21-11-5-6-12-22(21)28-26(30)20-10-4-8-14-24(20)34-18-16-32-2/h3-4,7-10,13-14,21-22H,5-6,11-12,15-18H2,1-2H3,(H,27,29)(H,28,30). The molecule has 1 aliphatic carbocycles. The third-order valence-corrected chi connectivity index (χ3v) is 5.75. The molecule has 2 aromatic rings. The second kappa shape index (κ2) is 13.6. The van der Waals surface area contributed by atoms with Gasteiger partial charge in [0.15, 0.2) is 0 Å². The minimum atomic E-state index is -0.220. The van der Waals surface area contributed by atoms with Crippen LogP contribution in [0.5, 0.6) is 11.5 Å². The molecule has 184 valence electrons. The first kappa shape index (κ1) is 25.5. The van der Waals surface area contributed by atoms with Gasteiger partial charge in [0.1, 0.15) is 24.7 Å². The number of amides is 2. The lowest BCUT2D eigenvalue weighted by Gasteiger charge is -2.33. The number of benzene rings is 2. The van der Waals surface area contributed by atoms with Gasteiger partial charge in [0.25, 0.3) is 11.8 Å². The highest BCUT2D eigenvalue weighted by atomic mass is 16.5. The monoisotopic (exact) mass is 470 g/mol. The van der Waals surface area contributed by atoms with Crippen LogP contribution in [0.1, 0.15) is 46.4 Å². The predicted molar refractivity (Wildman–Crippen MR) is 129 cm³/mol. The normalized spacial score (nSPS) is 17.6. The molecule has 0 bridgehead atoms. The summed E-state index contributed by atoms with van der Waals surface area (Å²) in [5.74, 6) is 0.580. The average Bonchev–Trinajstić information content (AvgIpc) is 2.86. The minimum Gasteiger partial charge on any atom is -0.490 e. The van der Waals surface area contributed by atoms with E-state index in [0.29, 0.717) is 49.1 Å². The first-order chi connectivity index (χ1) is 16.6. The van der Waals surface area contributed by atoms with Crippen molar-refractivity contribution in [3.8, 4) is 11.5 Å². The highest BCUT2D eigenvalue weighted by molar-refractivity contribution is 5.98. The van der Waals surface area contributed by atoms with Crippen molar-refractivity contribution in [2.24, 2.45) is 0 Å². The van der Waals surface area contributed by atoms with E-state index in [9.17, 15) is 9.59 Å². The molecule has 0 spiro atoms. The number of methoxy groups -OCH3 is 2. The Kier molecular flexibility index (Phi) is 10.2. The summed E-state index contributed by atoms with van der Waals surface area (Å²) in [4.78, 5) is 26.2. The zero-order chi connectivity index (χ0) is 24.2. The van der Waals surface area contributed by atoms with Crippen LogP contribution in [-0.2, 0) is 9.47 Å². The van der Waals surface area contributed by atoms with Gasteiger partial charge in [-0.15, -0.1) is 0 Å².